The van der Waals surface area contributed by atoms with Crippen molar-refractivity contribution < 1.29 is 31.1 Å². The van der Waals surface area contributed by atoms with Crippen LogP contribution in [0, 0.1) is 0 Å². The van der Waals surface area contributed by atoms with Gasteiger partial charge in [-0.2, -0.15) is 4.31 Å². The third kappa shape index (κ3) is 5.26. The Bertz CT molecular complexity index is 1290. The third-order valence-corrected chi connectivity index (χ3v) is 8.19. The Kier molecular flexibility index (Phi) is 7.27. The second kappa shape index (κ2) is 9.49. The lowest BCUT2D eigenvalue weighted by molar-refractivity contribution is 0.102. The maximum atomic E-state index is 13.1. The summed E-state index contributed by atoms with van der Waals surface area (Å²) in [5.41, 5.74) is 1.41. The van der Waals surface area contributed by atoms with Crippen LogP contribution in [0.15, 0.2) is 30.3 Å². The number of nitrogens with one attached hydrogen (secondary N) is 1. The van der Waals surface area contributed by atoms with E-state index in [2.05, 4.69) is 5.32 Å². The van der Waals surface area contributed by atoms with Crippen molar-refractivity contribution in [3.8, 4) is 11.5 Å². The van der Waals surface area contributed by atoms with E-state index in [9.17, 15) is 21.6 Å². The molecule has 0 aromatic heterocycles. The van der Waals surface area contributed by atoms with Gasteiger partial charge in [0.2, 0.25) is 10.0 Å². The molecular formula is C21H25ClN2O7S2. The molecule has 1 atom stereocenters. The Morgan fingerprint density at radius 1 is 1.18 bits per heavy atom. The van der Waals surface area contributed by atoms with Crippen LogP contribution in [0.3, 0.4) is 0 Å². The fourth-order valence-electron chi connectivity index (χ4n) is 3.85. The van der Waals surface area contributed by atoms with Gasteiger partial charge in [-0.25, -0.2) is 16.8 Å². The van der Waals surface area contributed by atoms with Gasteiger partial charge in [-0.1, -0.05) is 23.7 Å². The highest BCUT2D eigenvalue weighted by Crippen LogP contribution is 2.39. The first-order chi connectivity index (χ1) is 15.4. The summed E-state index contributed by atoms with van der Waals surface area (Å²) in [6.07, 6.45) is 2.19. The molecule has 9 nitrogen and oxygen atoms in total. The number of hydrogen-bond acceptors (Lipinski definition) is 7. The van der Waals surface area contributed by atoms with E-state index in [0.29, 0.717) is 29.2 Å². The number of fused-ring (bicyclic) bond motifs is 1. The fourth-order valence-corrected chi connectivity index (χ4v) is 7.10. The molecule has 0 saturated carbocycles. The third-order valence-electron chi connectivity index (χ3n) is 5.20. The number of benzene rings is 2. The number of carbonyl (C=O) groups is 1. The molecule has 0 bridgehead atoms. The van der Waals surface area contributed by atoms with Crippen molar-refractivity contribution in [2.75, 3.05) is 38.1 Å². The normalized spacial score (nSPS) is 16.7. The SMILES string of the molecule is CCOc1cc(OC)c(C(=O)Nc2cccc3c2CCN(S(C)(=O)=O)C3S(C)(=O)=O)cc1Cl. The topological polar surface area (TPSA) is 119 Å². The Morgan fingerprint density at radius 3 is 2.45 bits per heavy atom. The zero-order valence-electron chi connectivity index (χ0n) is 18.6. The van der Waals surface area contributed by atoms with Crippen molar-refractivity contribution in [2.24, 2.45) is 0 Å². The first-order valence-corrected chi connectivity index (χ1v) is 14.2. The molecule has 33 heavy (non-hydrogen) atoms. The van der Waals surface area contributed by atoms with Crippen LogP contribution in [0.5, 0.6) is 11.5 Å². The number of halogens is 1. The summed E-state index contributed by atoms with van der Waals surface area (Å²) >= 11 is 6.24. The Morgan fingerprint density at radius 2 is 1.88 bits per heavy atom. The molecule has 2 aromatic rings. The Labute approximate surface area is 198 Å². The van der Waals surface area contributed by atoms with Gasteiger partial charge in [0.25, 0.3) is 5.91 Å². The van der Waals surface area contributed by atoms with E-state index in [1.165, 1.54) is 19.2 Å². The molecular weight excluding hydrogens is 492 g/mol. The molecule has 0 radical (unpaired) electrons. The molecule has 3 rings (SSSR count). The van der Waals surface area contributed by atoms with Crippen molar-refractivity contribution in [2.45, 2.75) is 18.7 Å². The predicted molar refractivity (Wildman–Crippen MR) is 126 cm³/mol. The summed E-state index contributed by atoms with van der Waals surface area (Å²) in [6, 6.07) is 7.71. The van der Waals surface area contributed by atoms with E-state index in [1.807, 2.05) is 0 Å². The quantitative estimate of drug-likeness (QED) is 0.601. The highest BCUT2D eigenvalue weighted by molar-refractivity contribution is 7.93. The first kappa shape index (κ1) is 25.3. The van der Waals surface area contributed by atoms with Gasteiger partial charge < -0.3 is 14.8 Å². The van der Waals surface area contributed by atoms with E-state index in [0.717, 1.165) is 16.8 Å². The summed E-state index contributed by atoms with van der Waals surface area (Å²) in [5.74, 6) is 0.107. The second-order valence-electron chi connectivity index (χ2n) is 7.55. The number of amides is 1. The van der Waals surface area contributed by atoms with Crippen molar-refractivity contribution in [3.05, 3.63) is 52.0 Å². The van der Waals surface area contributed by atoms with Gasteiger partial charge in [-0.15, -0.1) is 0 Å². The minimum absolute atomic E-state index is 0.0331. The second-order valence-corrected chi connectivity index (χ2v) is 12.0. The van der Waals surface area contributed by atoms with E-state index >= 15 is 0 Å². The highest BCUT2D eigenvalue weighted by Gasteiger charge is 2.40. The Hall–Kier alpha value is -2.34. The number of nitrogens with zero attached hydrogens (tertiary/aromatic N) is 1. The van der Waals surface area contributed by atoms with Gasteiger partial charge in [0, 0.05) is 24.6 Å². The standard InChI is InChI=1S/C21H25ClN2O7S2/c1-5-31-19-12-18(30-2)15(11-16(19)22)20(25)23-17-8-6-7-14-13(17)9-10-24(33(4,28)29)21(14)32(3,26)27/h6-8,11-12,21H,5,9-10H2,1-4H3,(H,23,25). The van der Waals surface area contributed by atoms with Gasteiger partial charge in [0.15, 0.2) is 15.2 Å². The van der Waals surface area contributed by atoms with Crippen LogP contribution in [-0.4, -0.2) is 59.8 Å². The molecule has 1 heterocycles. The first-order valence-electron chi connectivity index (χ1n) is 9.97. The fraction of sp³-hybridized carbons (Fsp3) is 0.381. The zero-order chi connectivity index (χ0) is 24.6. The number of hydrogen-bond donors (Lipinski definition) is 1. The maximum absolute atomic E-state index is 13.1. The van der Waals surface area contributed by atoms with E-state index in [4.69, 9.17) is 21.1 Å². The van der Waals surface area contributed by atoms with Gasteiger partial charge in [-0.3, -0.25) is 4.79 Å². The average molecular weight is 517 g/mol. The molecule has 1 unspecified atom stereocenters. The highest BCUT2D eigenvalue weighted by atomic mass is 35.5. The minimum atomic E-state index is -3.81. The summed E-state index contributed by atoms with van der Waals surface area (Å²) < 4.78 is 61.2. The van der Waals surface area contributed by atoms with Gasteiger partial charge >= 0.3 is 0 Å². The van der Waals surface area contributed by atoms with E-state index in [-0.39, 0.29) is 29.3 Å². The summed E-state index contributed by atoms with van der Waals surface area (Å²) in [4.78, 5) is 13.1. The largest absolute Gasteiger partial charge is 0.496 e. The zero-order valence-corrected chi connectivity index (χ0v) is 21.0. The molecule has 180 valence electrons. The van der Waals surface area contributed by atoms with Crippen LogP contribution in [-0.2, 0) is 26.3 Å². The summed E-state index contributed by atoms with van der Waals surface area (Å²) in [5, 5.41) is 1.65. The van der Waals surface area contributed by atoms with Crippen molar-refractivity contribution in [3.63, 3.8) is 0 Å². The van der Waals surface area contributed by atoms with E-state index in [1.54, 1.807) is 25.1 Å². The number of sulfonamides is 1. The molecule has 1 amide bonds. The smallest absolute Gasteiger partial charge is 0.259 e. The summed E-state index contributed by atoms with van der Waals surface area (Å²) in [7, 11) is -6.18. The lowest BCUT2D eigenvalue weighted by Gasteiger charge is -2.35. The number of sulfone groups is 1. The van der Waals surface area contributed by atoms with Crippen molar-refractivity contribution >= 4 is 43.1 Å². The van der Waals surface area contributed by atoms with Crippen LogP contribution in [0.25, 0.3) is 0 Å². The molecule has 1 aliphatic rings. The number of rotatable bonds is 7. The monoisotopic (exact) mass is 516 g/mol. The molecule has 12 heteroatoms. The van der Waals surface area contributed by atoms with Gasteiger partial charge in [0.1, 0.15) is 11.5 Å². The number of carbonyl (C=O) groups excluding carboxylic acids is 1. The van der Waals surface area contributed by atoms with Gasteiger partial charge in [0.05, 0.1) is 30.6 Å². The average Bonchev–Trinajstić information content (AvgIpc) is 2.73. The van der Waals surface area contributed by atoms with Crippen LogP contribution >= 0.6 is 11.6 Å². The summed E-state index contributed by atoms with van der Waals surface area (Å²) in [6.45, 7) is 2.15. The van der Waals surface area contributed by atoms with Crippen LogP contribution < -0.4 is 14.8 Å². The van der Waals surface area contributed by atoms with Crippen LogP contribution in [0.2, 0.25) is 5.02 Å². The lowest BCUT2D eigenvalue weighted by atomic mass is 9.98. The molecule has 0 aliphatic carbocycles. The molecule has 1 aliphatic heterocycles. The van der Waals surface area contributed by atoms with Gasteiger partial charge in [-0.05, 0) is 36.6 Å². The van der Waals surface area contributed by atoms with Crippen LogP contribution in [0.4, 0.5) is 5.69 Å². The van der Waals surface area contributed by atoms with E-state index < -0.39 is 31.1 Å². The Balaban J connectivity index is 2.03. The van der Waals surface area contributed by atoms with Crippen molar-refractivity contribution in [1.29, 1.82) is 0 Å². The maximum Gasteiger partial charge on any atom is 0.259 e. The molecule has 0 saturated heterocycles. The number of methoxy groups -OCH3 is 1. The molecule has 2 aromatic carbocycles. The molecule has 0 fully saturated rings. The number of ether oxygens (including phenoxy) is 2. The minimum Gasteiger partial charge on any atom is -0.496 e. The number of anilines is 1. The lowest BCUT2D eigenvalue weighted by Crippen LogP contribution is -2.42. The van der Waals surface area contributed by atoms with Crippen molar-refractivity contribution in [1.82, 2.24) is 4.31 Å². The predicted octanol–water partition coefficient (Wildman–Crippen LogP) is 2.86. The molecule has 1 N–H and O–H groups in total. The molecule has 0 spiro atoms. The van der Waals surface area contributed by atoms with Crippen LogP contribution in [0.1, 0.15) is 33.8 Å².